The summed E-state index contributed by atoms with van der Waals surface area (Å²) in [4.78, 5) is 0. The summed E-state index contributed by atoms with van der Waals surface area (Å²) >= 11 is 0. The fraction of sp³-hybridized carbons (Fsp3) is 0.571. The molecule has 2 nitrogen and oxygen atoms in total. The molecular weight excluding hydrogens is 200 g/mol. The summed E-state index contributed by atoms with van der Waals surface area (Å²) in [5.41, 5.74) is 0.954. The van der Waals surface area contributed by atoms with Crippen LogP contribution in [0.3, 0.4) is 0 Å². The lowest BCUT2D eigenvalue weighted by molar-refractivity contribution is -0.274. The molecule has 1 heterocycles. The van der Waals surface area contributed by atoms with Crippen LogP contribution in [-0.2, 0) is 4.74 Å². The molecule has 1 aliphatic heterocycles. The highest BCUT2D eigenvalue weighted by molar-refractivity contribution is 5.22. The Morgan fingerprint density at radius 3 is 2.44 bits per heavy atom. The molecule has 3 unspecified atom stereocenters. The average Bonchev–Trinajstić information content (AvgIpc) is 2.27. The van der Waals surface area contributed by atoms with E-state index < -0.39 is 0 Å². The minimum Gasteiger partial charge on any atom is -0.393 e. The van der Waals surface area contributed by atoms with E-state index in [0.29, 0.717) is 0 Å². The van der Waals surface area contributed by atoms with Gasteiger partial charge in [0, 0.05) is 5.92 Å². The molecule has 0 aliphatic carbocycles. The Bertz CT molecular complexity index is 345. The third-order valence-corrected chi connectivity index (χ3v) is 3.52. The highest BCUT2D eigenvalue weighted by Crippen LogP contribution is 2.50. The molecule has 0 amide bonds. The number of ether oxygens (including phenoxy) is 1. The molecule has 1 fully saturated rings. The number of aliphatic hydroxyl groups is 1. The van der Waals surface area contributed by atoms with E-state index in [-0.39, 0.29) is 23.7 Å². The van der Waals surface area contributed by atoms with Crippen LogP contribution < -0.4 is 0 Å². The highest BCUT2D eigenvalue weighted by Gasteiger charge is 2.52. The van der Waals surface area contributed by atoms with Gasteiger partial charge in [-0.1, -0.05) is 37.3 Å². The first-order chi connectivity index (χ1) is 7.56. The van der Waals surface area contributed by atoms with Gasteiger partial charge in [0.1, 0.15) is 0 Å². The maximum Gasteiger partial charge on any atom is 0.0912 e. The van der Waals surface area contributed by atoms with Gasteiger partial charge in [-0.25, -0.2) is 0 Å². The van der Waals surface area contributed by atoms with Crippen molar-refractivity contribution in [3.05, 3.63) is 35.9 Å². The molecule has 3 atom stereocenters. The fourth-order valence-electron chi connectivity index (χ4n) is 2.61. The molecule has 1 N–H and O–H groups in total. The van der Waals surface area contributed by atoms with Crippen molar-refractivity contribution in [1.82, 2.24) is 0 Å². The van der Waals surface area contributed by atoms with Gasteiger partial charge in [0.05, 0.1) is 17.8 Å². The van der Waals surface area contributed by atoms with Crippen LogP contribution in [0.15, 0.2) is 30.3 Å². The summed E-state index contributed by atoms with van der Waals surface area (Å²) < 4.78 is 5.89. The zero-order valence-electron chi connectivity index (χ0n) is 10.2. The molecule has 0 bridgehead atoms. The highest BCUT2D eigenvalue weighted by atomic mass is 16.5. The Morgan fingerprint density at radius 2 is 1.94 bits per heavy atom. The van der Waals surface area contributed by atoms with Crippen LogP contribution >= 0.6 is 0 Å². The average molecular weight is 220 g/mol. The van der Waals surface area contributed by atoms with Crippen molar-refractivity contribution < 1.29 is 9.84 Å². The maximum atomic E-state index is 10.1. The lowest BCUT2D eigenvalue weighted by Gasteiger charge is -2.53. The van der Waals surface area contributed by atoms with Crippen molar-refractivity contribution in [3.63, 3.8) is 0 Å². The number of rotatable bonds is 3. The Morgan fingerprint density at radius 1 is 1.31 bits per heavy atom. The van der Waals surface area contributed by atoms with Gasteiger partial charge in [-0.05, 0) is 25.8 Å². The number of aliphatic hydroxyl groups excluding tert-OH is 1. The summed E-state index contributed by atoms with van der Waals surface area (Å²) in [6.07, 6.45) is 0.543. The second kappa shape index (κ2) is 4.19. The quantitative estimate of drug-likeness (QED) is 0.848. The van der Waals surface area contributed by atoms with E-state index in [9.17, 15) is 5.11 Å². The molecule has 88 valence electrons. The molecule has 16 heavy (non-hydrogen) atoms. The zero-order chi connectivity index (χ0) is 11.8. The minimum atomic E-state index is -0.283. The summed E-state index contributed by atoms with van der Waals surface area (Å²) in [5, 5.41) is 10.1. The first kappa shape index (κ1) is 11.6. The van der Waals surface area contributed by atoms with Crippen molar-refractivity contribution in [1.29, 1.82) is 0 Å². The van der Waals surface area contributed by atoms with Crippen LogP contribution in [-0.4, -0.2) is 16.8 Å². The monoisotopic (exact) mass is 220 g/mol. The molecule has 0 spiro atoms. The largest absolute Gasteiger partial charge is 0.393 e. The van der Waals surface area contributed by atoms with E-state index in [4.69, 9.17) is 4.74 Å². The fourth-order valence-corrected chi connectivity index (χ4v) is 2.61. The van der Waals surface area contributed by atoms with E-state index in [1.54, 1.807) is 0 Å². The van der Waals surface area contributed by atoms with Crippen LogP contribution in [0.1, 0.15) is 38.9 Å². The molecular formula is C14H20O2. The molecule has 0 radical (unpaired) electrons. The van der Waals surface area contributed by atoms with E-state index in [1.165, 1.54) is 5.56 Å². The van der Waals surface area contributed by atoms with Crippen molar-refractivity contribution >= 4 is 0 Å². The maximum absolute atomic E-state index is 10.1. The second-order valence-corrected chi connectivity index (χ2v) is 5.05. The number of benzene rings is 1. The summed E-state index contributed by atoms with van der Waals surface area (Å²) in [6.45, 7) is 6.12. The molecule has 2 heteroatoms. The van der Waals surface area contributed by atoms with Crippen LogP contribution in [0.2, 0.25) is 0 Å². The van der Waals surface area contributed by atoms with E-state index in [1.807, 2.05) is 25.1 Å². The second-order valence-electron chi connectivity index (χ2n) is 5.05. The van der Waals surface area contributed by atoms with E-state index >= 15 is 0 Å². The Labute approximate surface area is 97.3 Å². The van der Waals surface area contributed by atoms with E-state index in [0.717, 1.165) is 6.42 Å². The van der Waals surface area contributed by atoms with Gasteiger partial charge >= 0.3 is 0 Å². The Balaban J connectivity index is 2.19. The van der Waals surface area contributed by atoms with Gasteiger partial charge in [-0.2, -0.15) is 0 Å². The normalized spacial score (nSPS) is 29.5. The smallest absolute Gasteiger partial charge is 0.0912 e. The summed E-state index contributed by atoms with van der Waals surface area (Å²) in [6, 6.07) is 10.2. The molecule has 1 aromatic rings. The first-order valence-corrected chi connectivity index (χ1v) is 5.97. The van der Waals surface area contributed by atoms with Crippen molar-refractivity contribution in [2.24, 2.45) is 5.92 Å². The van der Waals surface area contributed by atoms with Gasteiger partial charge < -0.3 is 9.84 Å². The van der Waals surface area contributed by atoms with Crippen LogP contribution in [0.25, 0.3) is 0 Å². The van der Waals surface area contributed by atoms with Crippen LogP contribution in [0.4, 0.5) is 0 Å². The van der Waals surface area contributed by atoms with Crippen LogP contribution in [0.5, 0.6) is 0 Å². The topological polar surface area (TPSA) is 29.5 Å². The van der Waals surface area contributed by atoms with Gasteiger partial charge in [0.15, 0.2) is 0 Å². The van der Waals surface area contributed by atoms with Crippen molar-refractivity contribution in [2.75, 3.05) is 0 Å². The predicted octanol–water partition coefficient (Wildman–Crippen LogP) is 2.92. The van der Waals surface area contributed by atoms with Crippen molar-refractivity contribution in [2.45, 2.75) is 45.0 Å². The number of hydrogen-bond donors (Lipinski definition) is 1. The number of hydrogen-bond acceptors (Lipinski definition) is 2. The Hall–Kier alpha value is -0.860. The van der Waals surface area contributed by atoms with Gasteiger partial charge in [0.25, 0.3) is 0 Å². The third-order valence-electron chi connectivity index (χ3n) is 3.52. The lowest BCUT2D eigenvalue weighted by atomic mass is 9.72. The summed E-state index contributed by atoms with van der Waals surface area (Å²) in [5.74, 6) is 0.194. The predicted molar refractivity (Wildman–Crippen MR) is 64.1 cm³/mol. The summed E-state index contributed by atoms with van der Waals surface area (Å²) in [7, 11) is 0. The molecule has 1 aliphatic rings. The standard InChI is InChI=1S/C14H20O2/c1-4-11(15)12-13(16-14(12,2)3)10-8-6-5-7-9-10/h5-9,11-13,15H,4H2,1-3H3. The van der Waals surface area contributed by atoms with E-state index in [2.05, 4.69) is 26.0 Å². The zero-order valence-corrected chi connectivity index (χ0v) is 10.2. The molecule has 0 saturated carbocycles. The lowest BCUT2D eigenvalue weighted by Crippen LogP contribution is -2.56. The van der Waals surface area contributed by atoms with Gasteiger partial charge in [-0.15, -0.1) is 0 Å². The third kappa shape index (κ3) is 1.87. The molecule has 2 rings (SSSR count). The van der Waals surface area contributed by atoms with Crippen molar-refractivity contribution in [3.8, 4) is 0 Å². The molecule has 1 aromatic carbocycles. The van der Waals surface area contributed by atoms with Gasteiger partial charge in [0.2, 0.25) is 0 Å². The van der Waals surface area contributed by atoms with Gasteiger partial charge in [-0.3, -0.25) is 0 Å². The minimum absolute atomic E-state index is 0.0474. The SMILES string of the molecule is CCC(O)C1C(c2ccccc2)OC1(C)C. The van der Waals surface area contributed by atoms with Crippen LogP contribution in [0, 0.1) is 5.92 Å². The first-order valence-electron chi connectivity index (χ1n) is 5.97. The Kier molecular flexibility index (Phi) is 3.04. The molecule has 0 aromatic heterocycles. The molecule has 1 saturated heterocycles.